The molecule has 1 rings (SSSR count). The summed E-state index contributed by atoms with van der Waals surface area (Å²) in [5.41, 5.74) is -0.622. The summed E-state index contributed by atoms with van der Waals surface area (Å²) in [7, 11) is 3.73. The minimum absolute atomic E-state index is 0.0892. The van der Waals surface area contributed by atoms with Crippen molar-refractivity contribution in [3.63, 3.8) is 0 Å². The van der Waals surface area contributed by atoms with E-state index in [1.807, 2.05) is 0 Å². The fourth-order valence-corrected chi connectivity index (χ4v) is 2.74. The smallest absolute Gasteiger partial charge is 0.323 e. The Bertz CT molecular complexity index is 461. The topological polar surface area (TPSA) is 78.9 Å². The van der Waals surface area contributed by atoms with Gasteiger partial charge in [-0.05, 0) is 18.8 Å². The Kier molecular flexibility index (Phi) is 5.69. The quantitative estimate of drug-likeness (QED) is 0.433. The van der Waals surface area contributed by atoms with E-state index in [2.05, 4.69) is 11.3 Å². The molecule has 1 unspecified atom stereocenters. The second kappa shape index (κ2) is 7.06. The Morgan fingerprint density at radius 1 is 1.19 bits per heavy atom. The van der Waals surface area contributed by atoms with Crippen LogP contribution in [0.3, 0.4) is 0 Å². The van der Waals surface area contributed by atoms with Gasteiger partial charge < -0.3 is 14.2 Å². The van der Waals surface area contributed by atoms with E-state index in [-0.39, 0.29) is 25.2 Å². The molecule has 1 saturated carbocycles. The molecule has 0 N–H and O–H groups in total. The molecule has 0 aromatic carbocycles. The Hall–Kier alpha value is -2.11. The van der Waals surface area contributed by atoms with E-state index < -0.39 is 23.3 Å². The van der Waals surface area contributed by atoms with Gasteiger partial charge in [0.25, 0.3) is 0 Å². The second-order valence-electron chi connectivity index (χ2n) is 4.90. The maximum Gasteiger partial charge on any atom is 0.323 e. The molecule has 116 valence electrons. The molecule has 6 nitrogen and oxygen atoms in total. The SMILES string of the molecule is C=C/C=C1\CC(C(=O)OC)(C(=O)OC)CC1CC(=O)OC. The van der Waals surface area contributed by atoms with Gasteiger partial charge in [0.15, 0.2) is 5.41 Å². The van der Waals surface area contributed by atoms with E-state index in [4.69, 9.17) is 9.47 Å². The van der Waals surface area contributed by atoms with Gasteiger partial charge in [-0.25, -0.2) is 0 Å². The number of carbonyl (C=O) groups is 3. The first kappa shape index (κ1) is 16.9. The fourth-order valence-electron chi connectivity index (χ4n) is 2.74. The van der Waals surface area contributed by atoms with Gasteiger partial charge in [-0.15, -0.1) is 0 Å². The van der Waals surface area contributed by atoms with Crippen LogP contribution in [-0.2, 0) is 28.6 Å². The van der Waals surface area contributed by atoms with Gasteiger partial charge in [-0.2, -0.15) is 0 Å². The molecule has 0 radical (unpaired) electrons. The van der Waals surface area contributed by atoms with E-state index in [0.717, 1.165) is 5.57 Å². The van der Waals surface area contributed by atoms with Crippen LogP contribution >= 0.6 is 0 Å². The molecule has 1 aliphatic rings. The number of allylic oxidation sites excluding steroid dienone is 3. The summed E-state index contributed by atoms with van der Waals surface area (Å²) in [4.78, 5) is 35.7. The monoisotopic (exact) mass is 296 g/mol. The van der Waals surface area contributed by atoms with Crippen molar-refractivity contribution < 1.29 is 28.6 Å². The summed E-state index contributed by atoms with van der Waals surface area (Å²) in [5, 5.41) is 0. The van der Waals surface area contributed by atoms with Crippen LogP contribution in [0.25, 0.3) is 0 Å². The molecule has 0 saturated heterocycles. The zero-order valence-corrected chi connectivity index (χ0v) is 12.5. The first-order valence-electron chi connectivity index (χ1n) is 6.50. The third-order valence-electron chi connectivity index (χ3n) is 3.75. The summed E-state index contributed by atoms with van der Waals surface area (Å²) < 4.78 is 14.2. The van der Waals surface area contributed by atoms with Gasteiger partial charge in [0, 0.05) is 0 Å². The highest BCUT2D eigenvalue weighted by Gasteiger charge is 2.55. The van der Waals surface area contributed by atoms with E-state index in [1.165, 1.54) is 21.3 Å². The molecule has 1 atom stereocenters. The zero-order valence-electron chi connectivity index (χ0n) is 12.5. The van der Waals surface area contributed by atoms with Crippen molar-refractivity contribution >= 4 is 17.9 Å². The average Bonchev–Trinajstić information content (AvgIpc) is 2.85. The van der Waals surface area contributed by atoms with Crippen molar-refractivity contribution in [3.05, 3.63) is 24.3 Å². The summed E-state index contributed by atoms with van der Waals surface area (Å²) >= 11 is 0. The molecule has 0 aromatic rings. The van der Waals surface area contributed by atoms with E-state index >= 15 is 0 Å². The molecule has 0 amide bonds. The minimum Gasteiger partial charge on any atom is -0.469 e. The molecule has 0 aliphatic heterocycles. The standard InChI is InChI=1S/C15H20O6/c1-5-6-10-8-15(13(17)20-3,14(18)21-4)9-11(10)7-12(16)19-2/h5-6,11H,1,7-9H2,2-4H3/b10-6+. The molecule has 0 aromatic heterocycles. The molecule has 0 heterocycles. The fraction of sp³-hybridized carbons (Fsp3) is 0.533. The van der Waals surface area contributed by atoms with Gasteiger partial charge in [0.2, 0.25) is 0 Å². The number of hydrogen-bond acceptors (Lipinski definition) is 6. The highest BCUT2D eigenvalue weighted by atomic mass is 16.5. The normalized spacial score (nSPS) is 21.7. The molecule has 6 heteroatoms. The number of rotatable bonds is 5. The van der Waals surface area contributed by atoms with Crippen LogP contribution in [0.1, 0.15) is 19.3 Å². The number of ether oxygens (including phenoxy) is 3. The van der Waals surface area contributed by atoms with Crippen molar-refractivity contribution in [1.82, 2.24) is 0 Å². The van der Waals surface area contributed by atoms with Crippen LogP contribution in [0.5, 0.6) is 0 Å². The molecular weight excluding hydrogens is 276 g/mol. The predicted molar refractivity (Wildman–Crippen MR) is 74.1 cm³/mol. The Morgan fingerprint density at radius 2 is 1.76 bits per heavy atom. The van der Waals surface area contributed by atoms with Crippen LogP contribution in [0.2, 0.25) is 0 Å². The lowest BCUT2D eigenvalue weighted by Gasteiger charge is -2.22. The number of carbonyl (C=O) groups excluding carboxylic acids is 3. The molecular formula is C15H20O6. The molecule has 0 bridgehead atoms. The zero-order chi connectivity index (χ0) is 16.0. The number of methoxy groups -OCH3 is 3. The molecule has 1 fully saturated rings. The van der Waals surface area contributed by atoms with Crippen LogP contribution in [0.15, 0.2) is 24.3 Å². The number of esters is 3. The summed E-state index contributed by atoms with van der Waals surface area (Å²) in [6, 6.07) is 0. The van der Waals surface area contributed by atoms with Crippen LogP contribution in [-0.4, -0.2) is 39.2 Å². The first-order valence-corrected chi connectivity index (χ1v) is 6.50. The predicted octanol–water partition coefficient (Wildman–Crippen LogP) is 1.40. The van der Waals surface area contributed by atoms with Gasteiger partial charge in [0.05, 0.1) is 27.8 Å². The molecule has 21 heavy (non-hydrogen) atoms. The Morgan fingerprint density at radius 3 is 2.19 bits per heavy atom. The lowest BCUT2D eigenvalue weighted by atomic mass is 9.85. The second-order valence-corrected chi connectivity index (χ2v) is 4.90. The average molecular weight is 296 g/mol. The van der Waals surface area contributed by atoms with Crippen LogP contribution in [0, 0.1) is 11.3 Å². The first-order chi connectivity index (χ1) is 9.94. The van der Waals surface area contributed by atoms with Gasteiger partial charge >= 0.3 is 17.9 Å². The van der Waals surface area contributed by atoms with Gasteiger partial charge in [-0.1, -0.05) is 24.3 Å². The summed E-state index contributed by atoms with van der Waals surface area (Å²) in [5.74, 6) is -2.00. The summed E-state index contributed by atoms with van der Waals surface area (Å²) in [6.07, 6.45) is 3.67. The van der Waals surface area contributed by atoms with Crippen molar-refractivity contribution in [2.24, 2.45) is 11.3 Å². The van der Waals surface area contributed by atoms with E-state index in [1.54, 1.807) is 12.2 Å². The van der Waals surface area contributed by atoms with Crippen molar-refractivity contribution in [1.29, 1.82) is 0 Å². The van der Waals surface area contributed by atoms with Crippen LogP contribution < -0.4 is 0 Å². The van der Waals surface area contributed by atoms with Crippen molar-refractivity contribution in [2.45, 2.75) is 19.3 Å². The van der Waals surface area contributed by atoms with Crippen LogP contribution in [0.4, 0.5) is 0 Å². The highest BCUT2D eigenvalue weighted by molar-refractivity contribution is 6.01. The highest BCUT2D eigenvalue weighted by Crippen LogP contribution is 2.48. The van der Waals surface area contributed by atoms with E-state index in [0.29, 0.717) is 0 Å². The van der Waals surface area contributed by atoms with Gasteiger partial charge in [0.1, 0.15) is 0 Å². The largest absolute Gasteiger partial charge is 0.469 e. The Labute approximate surface area is 123 Å². The van der Waals surface area contributed by atoms with Crippen molar-refractivity contribution in [2.75, 3.05) is 21.3 Å². The maximum absolute atomic E-state index is 12.1. The Balaban J connectivity index is 3.17. The number of hydrogen-bond donors (Lipinski definition) is 0. The lowest BCUT2D eigenvalue weighted by Crippen LogP contribution is -2.39. The summed E-state index contributed by atoms with van der Waals surface area (Å²) in [6.45, 7) is 3.61. The maximum atomic E-state index is 12.1. The third-order valence-corrected chi connectivity index (χ3v) is 3.75. The lowest BCUT2D eigenvalue weighted by molar-refractivity contribution is -0.169. The minimum atomic E-state index is -1.41. The van der Waals surface area contributed by atoms with E-state index in [9.17, 15) is 14.4 Å². The molecule has 0 spiro atoms. The molecule has 1 aliphatic carbocycles. The third kappa shape index (κ3) is 3.32. The van der Waals surface area contributed by atoms with Crippen molar-refractivity contribution in [3.8, 4) is 0 Å². The van der Waals surface area contributed by atoms with Gasteiger partial charge in [-0.3, -0.25) is 14.4 Å².